The van der Waals surface area contributed by atoms with E-state index in [1.807, 2.05) is 6.07 Å². The Morgan fingerprint density at radius 1 is 1.22 bits per heavy atom. The first-order chi connectivity index (χ1) is 11.0. The first-order valence-corrected chi connectivity index (χ1v) is 7.69. The van der Waals surface area contributed by atoms with Gasteiger partial charge in [-0.25, -0.2) is 4.39 Å². The molecule has 1 fully saturated rings. The van der Waals surface area contributed by atoms with Crippen LogP contribution in [0.3, 0.4) is 0 Å². The van der Waals surface area contributed by atoms with Gasteiger partial charge < -0.3 is 4.90 Å². The highest BCUT2D eigenvalue weighted by Crippen LogP contribution is 2.17. The third kappa shape index (κ3) is 4.26. The minimum atomic E-state index is -1.30. The molecular weight excluding hydrogens is 295 g/mol. The summed E-state index contributed by atoms with van der Waals surface area (Å²) < 4.78 is 12.9. The van der Waals surface area contributed by atoms with E-state index in [4.69, 9.17) is 0 Å². The van der Waals surface area contributed by atoms with Crippen LogP contribution in [-0.4, -0.2) is 29.7 Å². The van der Waals surface area contributed by atoms with Gasteiger partial charge in [-0.1, -0.05) is 12.1 Å². The quantitative estimate of drug-likeness (QED) is 0.634. The minimum absolute atomic E-state index is 0.358. The molecule has 1 aromatic carbocycles. The lowest BCUT2D eigenvalue weighted by Crippen LogP contribution is -2.41. The van der Waals surface area contributed by atoms with Crippen molar-refractivity contribution in [1.29, 1.82) is 5.26 Å². The Balaban J connectivity index is 2.12. The Morgan fingerprint density at radius 3 is 2.39 bits per heavy atom. The largest absolute Gasteiger partial charge is 0.341 e. The van der Waals surface area contributed by atoms with E-state index in [1.54, 1.807) is 24.0 Å². The predicted octanol–water partition coefficient (Wildman–Crippen LogP) is 2.95. The van der Waals surface area contributed by atoms with Crippen LogP contribution in [0.25, 0.3) is 5.57 Å². The summed E-state index contributed by atoms with van der Waals surface area (Å²) in [7, 11) is 0. The van der Waals surface area contributed by atoms with Gasteiger partial charge in [0, 0.05) is 13.1 Å². The molecule has 23 heavy (non-hydrogen) atoms. The van der Waals surface area contributed by atoms with Crippen LogP contribution in [0.1, 0.15) is 31.7 Å². The Labute approximate surface area is 135 Å². The van der Waals surface area contributed by atoms with E-state index in [-0.39, 0.29) is 5.82 Å². The van der Waals surface area contributed by atoms with Gasteiger partial charge in [-0.05, 0) is 55.5 Å². The maximum absolute atomic E-state index is 12.9. The summed E-state index contributed by atoms with van der Waals surface area (Å²) >= 11 is 0. The Bertz CT molecular complexity index is 653. The lowest BCUT2D eigenvalue weighted by atomic mass is 9.98. The maximum Gasteiger partial charge on any atom is 0.247 e. The fraction of sp³-hybridized carbons (Fsp3) is 0.389. The van der Waals surface area contributed by atoms with Crippen molar-refractivity contribution in [2.75, 3.05) is 13.1 Å². The molecule has 1 atom stereocenters. The lowest BCUT2D eigenvalue weighted by Gasteiger charge is -2.27. The molecule has 0 bridgehead atoms. The molecule has 0 N–H and O–H groups in total. The molecule has 0 saturated carbocycles. The number of allylic oxidation sites excluding steroid dienone is 2. The van der Waals surface area contributed by atoms with Crippen LogP contribution in [0, 0.1) is 23.1 Å². The number of nitriles is 1. The predicted molar refractivity (Wildman–Crippen MR) is 84.6 cm³/mol. The first-order valence-electron chi connectivity index (χ1n) is 7.69. The average Bonchev–Trinajstić information content (AvgIpc) is 2.56. The second-order valence-electron chi connectivity index (χ2n) is 5.68. The van der Waals surface area contributed by atoms with Gasteiger partial charge in [0.15, 0.2) is 11.7 Å². The van der Waals surface area contributed by atoms with Gasteiger partial charge in [-0.15, -0.1) is 0 Å². The molecule has 1 aromatic rings. The number of carbonyl (C=O) groups is 2. The van der Waals surface area contributed by atoms with Crippen LogP contribution < -0.4 is 0 Å². The monoisotopic (exact) mass is 314 g/mol. The fourth-order valence-electron chi connectivity index (χ4n) is 2.63. The normalized spacial score (nSPS) is 16.6. The molecule has 1 heterocycles. The number of amides is 1. The molecule has 0 spiro atoms. The Morgan fingerprint density at radius 2 is 1.83 bits per heavy atom. The van der Waals surface area contributed by atoms with E-state index in [0.717, 1.165) is 19.3 Å². The molecule has 1 amide bonds. The number of piperidine rings is 1. The molecule has 1 aliphatic rings. The summed E-state index contributed by atoms with van der Waals surface area (Å²) in [6.07, 6.45) is 4.17. The number of rotatable bonds is 4. The van der Waals surface area contributed by atoms with Crippen molar-refractivity contribution in [1.82, 2.24) is 4.90 Å². The second-order valence-corrected chi connectivity index (χ2v) is 5.68. The van der Waals surface area contributed by atoms with Crippen LogP contribution in [0.2, 0.25) is 0 Å². The molecule has 0 unspecified atom stereocenters. The van der Waals surface area contributed by atoms with Crippen molar-refractivity contribution in [3.63, 3.8) is 0 Å². The van der Waals surface area contributed by atoms with Crippen LogP contribution >= 0.6 is 0 Å². The molecule has 0 aromatic heterocycles. The summed E-state index contributed by atoms with van der Waals surface area (Å²) in [6, 6.07) is 7.54. The third-order valence-corrected chi connectivity index (χ3v) is 3.99. The second kappa shape index (κ2) is 7.68. The highest BCUT2D eigenvalue weighted by Gasteiger charge is 2.30. The van der Waals surface area contributed by atoms with Gasteiger partial charge in [-0.2, -0.15) is 5.26 Å². The zero-order chi connectivity index (χ0) is 16.8. The summed E-state index contributed by atoms with van der Waals surface area (Å²) in [5, 5.41) is 9.22. The SMILES string of the molecule is C/C(=C\C(=O)[C@@H](C#N)C(=O)N1CCCCC1)c1ccc(F)cc1. The molecule has 4 nitrogen and oxygen atoms in total. The molecule has 120 valence electrons. The van der Waals surface area contributed by atoms with E-state index in [0.29, 0.717) is 24.2 Å². The fourth-order valence-corrected chi connectivity index (χ4v) is 2.63. The van der Waals surface area contributed by atoms with E-state index in [2.05, 4.69) is 0 Å². The first kappa shape index (κ1) is 16.9. The van der Waals surface area contributed by atoms with Crippen molar-refractivity contribution in [2.24, 2.45) is 5.92 Å². The number of carbonyl (C=O) groups excluding carboxylic acids is 2. The van der Waals surface area contributed by atoms with Gasteiger partial charge in [0.05, 0.1) is 6.07 Å². The van der Waals surface area contributed by atoms with Crippen LogP contribution in [-0.2, 0) is 9.59 Å². The van der Waals surface area contributed by atoms with Gasteiger partial charge in [0.25, 0.3) is 0 Å². The molecule has 0 aliphatic carbocycles. The molecular formula is C18H19FN2O2. The summed E-state index contributed by atoms with van der Waals surface area (Å²) in [6.45, 7) is 2.90. The van der Waals surface area contributed by atoms with Gasteiger partial charge in [0.1, 0.15) is 5.82 Å². The zero-order valence-electron chi connectivity index (χ0n) is 13.1. The minimum Gasteiger partial charge on any atom is -0.341 e. The van der Waals surface area contributed by atoms with E-state index in [9.17, 15) is 19.2 Å². The smallest absolute Gasteiger partial charge is 0.247 e. The number of nitrogens with zero attached hydrogens (tertiary/aromatic N) is 2. The highest BCUT2D eigenvalue weighted by molar-refractivity contribution is 6.11. The molecule has 1 saturated heterocycles. The van der Waals surface area contributed by atoms with Gasteiger partial charge >= 0.3 is 0 Å². The molecule has 0 radical (unpaired) electrons. The Hall–Kier alpha value is -2.48. The number of likely N-dealkylation sites (tertiary alicyclic amines) is 1. The lowest BCUT2D eigenvalue weighted by molar-refractivity contribution is -0.138. The summed E-state index contributed by atoms with van der Waals surface area (Å²) in [5.41, 5.74) is 1.28. The number of halogens is 1. The summed E-state index contributed by atoms with van der Waals surface area (Å²) in [5.74, 6) is -2.60. The topological polar surface area (TPSA) is 61.2 Å². The van der Waals surface area contributed by atoms with Crippen molar-refractivity contribution >= 4 is 17.3 Å². The van der Waals surface area contributed by atoms with Crippen molar-refractivity contribution in [2.45, 2.75) is 26.2 Å². The number of benzene rings is 1. The number of hydrogen-bond donors (Lipinski definition) is 0. The maximum atomic E-state index is 12.9. The van der Waals surface area contributed by atoms with Crippen LogP contribution in [0.15, 0.2) is 30.3 Å². The highest BCUT2D eigenvalue weighted by atomic mass is 19.1. The third-order valence-electron chi connectivity index (χ3n) is 3.99. The van der Waals surface area contributed by atoms with Crippen LogP contribution in [0.4, 0.5) is 4.39 Å². The average molecular weight is 314 g/mol. The van der Waals surface area contributed by atoms with Crippen LogP contribution in [0.5, 0.6) is 0 Å². The zero-order valence-corrected chi connectivity index (χ0v) is 13.1. The standard InChI is InChI=1S/C18H19FN2O2/c1-13(14-5-7-15(19)8-6-14)11-17(22)16(12-20)18(23)21-9-3-2-4-10-21/h5-8,11,16H,2-4,9-10H2,1H3/b13-11+/t16-/m1/s1. The van der Waals surface area contributed by atoms with E-state index < -0.39 is 17.6 Å². The van der Waals surface area contributed by atoms with Crippen molar-refractivity contribution in [3.8, 4) is 6.07 Å². The van der Waals surface area contributed by atoms with E-state index in [1.165, 1.54) is 18.2 Å². The van der Waals surface area contributed by atoms with Gasteiger partial charge in [0.2, 0.25) is 5.91 Å². The molecule has 1 aliphatic heterocycles. The number of hydrogen-bond acceptors (Lipinski definition) is 3. The van der Waals surface area contributed by atoms with Crippen molar-refractivity contribution < 1.29 is 14.0 Å². The molecule has 2 rings (SSSR count). The van der Waals surface area contributed by atoms with E-state index >= 15 is 0 Å². The van der Waals surface area contributed by atoms with Gasteiger partial charge in [-0.3, -0.25) is 9.59 Å². The summed E-state index contributed by atoms with van der Waals surface area (Å²) in [4.78, 5) is 26.2. The molecule has 5 heteroatoms. The van der Waals surface area contributed by atoms with Crippen molar-refractivity contribution in [3.05, 3.63) is 41.7 Å². The number of ketones is 1. The Kier molecular flexibility index (Phi) is 5.64.